The lowest BCUT2D eigenvalue weighted by molar-refractivity contribution is -0.139. The van der Waals surface area contributed by atoms with E-state index in [1.54, 1.807) is 55.5 Å². The first kappa shape index (κ1) is 29.6. The zero-order chi connectivity index (χ0) is 28.9. The second kappa shape index (κ2) is 12.9. The van der Waals surface area contributed by atoms with Crippen LogP contribution in [0.1, 0.15) is 49.3 Å². The van der Waals surface area contributed by atoms with Crippen LogP contribution in [0.25, 0.3) is 0 Å². The first-order chi connectivity index (χ1) is 19.1. The molecular formula is C31H36ClN3O4S. The minimum absolute atomic E-state index is 0.0595. The van der Waals surface area contributed by atoms with Crippen LogP contribution in [0.15, 0.2) is 77.7 Å². The van der Waals surface area contributed by atoms with Crippen molar-refractivity contribution in [3.05, 3.63) is 94.5 Å². The lowest BCUT2D eigenvalue weighted by Gasteiger charge is -2.32. The molecular weight excluding hydrogens is 546 g/mol. The number of nitrogens with one attached hydrogen (secondary N) is 1. The molecule has 1 saturated carbocycles. The highest BCUT2D eigenvalue weighted by Crippen LogP contribution is 2.26. The highest BCUT2D eigenvalue weighted by molar-refractivity contribution is 7.92. The summed E-state index contributed by atoms with van der Waals surface area (Å²) in [6.07, 6.45) is 3.94. The second-order valence-corrected chi connectivity index (χ2v) is 12.7. The minimum atomic E-state index is -4.10. The molecule has 0 radical (unpaired) electrons. The summed E-state index contributed by atoms with van der Waals surface area (Å²) in [7, 11) is -4.10. The maximum atomic E-state index is 14.0. The number of halogens is 1. The summed E-state index contributed by atoms with van der Waals surface area (Å²) in [5, 5.41) is 3.53. The normalized spacial score (nSPS) is 14.5. The quantitative estimate of drug-likeness (QED) is 0.336. The van der Waals surface area contributed by atoms with Crippen molar-refractivity contribution in [3.63, 3.8) is 0 Å². The van der Waals surface area contributed by atoms with Gasteiger partial charge in [0.05, 0.1) is 10.6 Å². The first-order valence-corrected chi connectivity index (χ1v) is 15.4. The molecule has 2 amide bonds. The van der Waals surface area contributed by atoms with E-state index in [1.165, 1.54) is 17.0 Å². The van der Waals surface area contributed by atoms with Crippen LogP contribution in [0.2, 0.25) is 5.02 Å². The molecule has 3 aromatic carbocycles. The molecule has 0 aromatic heterocycles. The number of amides is 2. The maximum Gasteiger partial charge on any atom is 0.264 e. The van der Waals surface area contributed by atoms with Crippen LogP contribution < -0.4 is 9.62 Å². The van der Waals surface area contributed by atoms with E-state index in [2.05, 4.69) is 5.32 Å². The van der Waals surface area contributed by atoms with E-state index >= 15 is 0 Å². The molecule has 1 aliphatic carbocycles. The number of rotatable bonds is 10. The summed E-state index contributed by atoms with van der Waals surface area (Å²) in [5.41, 5.74) is 2.81. The Kier molecular flexibility index (Phi) is 9.53. The van der Waals surface area contributed by atoms with Gasteiger partial charge >= 0.3 is 0 Å². The van der Waals surface area contributed by atoms with Crippen molar-refractivity contribution in [1.82, 2.24) is 10.2 Å². The van der Waals surface area contributed by atoms with Gasteiger partial charge in [-0.3, -0.25) is 13.9 Å². The highest BCUT2D eigenvalue weighted by Gasteiger charge is 2.33. The second-order valence-electron chi connectivity index (χ2n) is 10.4. The van der Waals surface area contributed by atoms with E-state index in [4.69, 9.17) is 11.6 Å². The molecule has 9 heteroatoms. The van der Waals surface area contributed by atoms with Crippen molar-refractivity contribution >= 4 is 39.1 Å². The van der Waals surface area contributed by atoms with Crippen molar-refractivity contribution in [2.45, 2.75) is 70.0 Å². The van der Waals surface area contributed by atoms with Gasteiger partial charge in [-0.05, 0) is 75.1 Å². The topological polar surface area (TPSA) is 86.8 Å². The molecule has 40 heavy (non-hydrogen) atoms. The number of anilines is 1. The van der Waals surface area contributed by atoms with Crippen LogP contribution in [0.5, 0.6) is 0 Å². The number of sulfonamides is 1. The Morgan fingerprint density at radius 1 is 0.950 bits per heavy atom. The molecule has 1 aliphatic rings. The van der Waals surface area contributed by atoms with Gasteiger partial charge in [0, 0.05) is 17.6 Å². The molecule has 0 spiro atoms. The molecule has 1 atom stereocenters. The Balaban J connectivity index is 1.69. The molecule has 0 aliphatic heterocycles. The predicted octanol–water partition coefficient (Wildman–Crippen LogP) is 5.63. The average molecular weight is 582 g/mol. The fourth-order valence-electron chi connectivity index (χ4n) is 4.93. The lowest BCUT2D eigenvalue weighted by Crippen LogP contribution is -2.52. The molecule has 212 valence electrons. The number of hydrogen-bond acceptors (Lipinski definition) is 4. The minimum Gasteiger partial charge on any atom is -0.352 e. The van der Waals surface area contributed by atoms with E-state index in [1.807, 2.05) is 26.0 Å². The number of nitrogens with zero attached hydrogens (tertiary/aromatic N) is 2. The van der Waals surface area contributed by atoms with Gasteiger partial charge in [0.2, 0.25) is 11.8 Å². The SMILES string of the molecule is Cc1ccc(S(=O)(=O)N(CC(=O)N(Cc2ccccc2Cl)[C@@H](C)C(=O)NC2CCCC2)c2cccc(C)c2)cc1. The van der Waals surface area contributed by atoms with E-state index < -0.39 is 28.5 Å². The maximum absolute atomic E-state index is 14.0. The van der Waals surface area contributed by atoms with Crippen molar-refractivity contribution in [1.29, 1.82) is 0 Å². The summed E-state index contributed by atoms with van der Waals surface area (Å²) < 4.78 is 28.9. The molecule has 1 fully saturated rings. The van der Waals surface area contributed by atoms with Gasteiger partial charge < -0.3 is 10.2 Å². The van der Waals surface area contributed by atoms with Gasteiger partial charge in [-0.2, -0.15) is 0 Å². The molecule has 0 bridgehead atoms. The van der Waals surface area contributed by atoms with Crippen molar-refractivity contribution in [3.8, 4) is 0 Å². The van der Waals surface area contributed by atoms with Crippen LogP contribution in [0.3, 0.4) is 0 Å². The van der Waals surface area contributed by atoms with Crippen LogP contribution in [0.4, 0.5) is 5.69 Å². The summed E-state index contributed by atoms with van der Waals surface area (Å²) in [6, 6.07) is 19.9. The fraction of sp³-hybridized carbons (Fsp3) is 0.355. The van der Waals surface area contributed by atoms with E-state index in [9.17, 15) is 18.0 Å². The zero-order valence-corrected chi connectivity index (χ0v) is 24.7. The third-order valence-corrected chi connectivity index (χ3v) is 9.50. The number of carbonyl (C=O) groups excluding carboxylic acids is 2. The van der Waals surface area contributed by atoms with Crippen LogP contribution in [0, 0.1) is 13.8 Å². The zero-order valence-electron chi connectivity index (χ0n) is 23.1. The monoisotopic (exact) mass is 581 g/mol. The number of hydrogen-bond donors (Lipinski definition) is 1. The Labute approximate surface area is 242 Å². The molecule has 0 heterocycles. The van der Waals surface area contributed by atoms with Gasteiger partial charge in [0.25, 0.3) is 10.0 Å². The van der Waals surface area contributed by atoms with E-state index in [0.29, 0.717) is 16.3 Å². The van der Waals surface area contributed by atoms with Crippen molar-refractivity contribution in [2.24, 2.45) is 0 Å². The number of benzene rings is 3. The predicted molar refractivity (Wildman–Crippen MR) is 159 cm³/mol. The number of aryl methyl sites for hydroxylation is 2. The standard InChI is InChI=1S/C31H36ClN3O4S/c1-22-15-17-28(18-16-22)40(38,39)35(27-13-8-9-23(2)19-27)21-30(36)34(20-25-10-4-7-14-29(25)32)24(3)31(37)33-26-11-5-6-12-26/h4,7-10,13-19,24,26H,5-6,11-12,20-21H2,1-3H3,(H,33,37)/t24-/m0/s1. The highest BCUT2D eigenvalue weighted by atomic mass is 35.5. The van der Waals surface area contributed by atoms with E-state index in [0.717, 1.165) is 41.1 Å². The van der Waals surface area contributed by atoms with Crippen molar-refractivity contribution < 1.29 is 18.0 Å². The van der Waals surface area contributed by atoms with Crippen molar-refractivity contribution in [2.75, 3.05) is 10.8 Å². The number of carbonyl (C=O) groups is 2. The first-order valence-electron chi connectivity index (χ1n) is 13.6. The van der Waals surface area contributed by atoms with Crippen LogP contribution in [-0.4, -0.2) is 43.8 Å². The summed E-state index contributed by atoms with van der Waals surface area (Å²) in [4.78, 5) is 28.8. The van der Waals surface area contributed by atoms with E-state index in [-0.39, 0.29) is 23.4 Å². The summed E-state index contributed by atoms with van der Waals surface area (Å²) >= 11 is 6.43. The molecule has 1 N–H and O–H groups in total. The van der Waals surface area contributed by atoms with Crippen LogP contribution >= 0.6 is 11.6 Å². The molecule has 4 rings (SSSR count). The molecule has 0 saturated heterocycles. The molecule has 0 unspecified atom stereocenters. The average Bonchev–Trinajstić information content (AvgIpc) is 3.44. The lowest BCUT2D eigenvalue weighted by atomic mass is 10.1. The van der Waals surface area contributed by atoms with Gasteiger partial charge in [0.15, 0.2) is 0 Å². The summed E-state index contributed by atoms with van der Waals surface area (Å²) in [5.74, 6) is -0.776. The smallest absolute Gasteiger partial charge is 0.264 e. The van der Waals surface area contributed by atoms with Crippen LogP contribution in [-0.2, 0) is 26.2 Å². The molecule has 7 nitrogen and oxygen atoms in total. The summed E-state index contributed by atoms with van der Waals surface area (Å²) in [6.45, 7) is 4.99. The Bertz CT molecular complexity index is 1450. The van der Waals surface area contributed by atoms with Gasteiger partial charge in [-0.1, -0.05) is 72.5 Å². The third kappa shape index (κ3) is 7.04. The Morgan fingerprint density at radius 3 is 2.27 bits per heavy atom. The largest absolute Gasteiger partial charge is 0.352 e. The third-order valence-electron chi connectivity index (χ3n) is 7.34. The van der Waals surface area contributed by atoms with Gasteiger partial charge in [-0.15, -0.1) is 0 Å². The Hall–Kier alpha value is -3.36. The fourth-order valence-corrected chi connectivity index (χ4v) is 6.54. The Morgan fingerprint density at radius 2 is 1.62 bits per heavy atom. The van der Waals surface area contributed by atoms with Gasteiger partial charge in [0.1, 0.15) is 12.6 Å². The molecule has 3 aromatic rings. The van der Waals surface area contributed by atoms with Gasteiger partial charge in [-0.25, -0.2) is 8.42 Å².